The third kappa shape index (κ3) is 2.94. The summed E-state index contributed by atoms with van der Waals surface area (Å²) in [6.45, 7) is 15.6. The highest BCUT2D eigenvalue weighted by Gasteiger charge is 2.41. The summed E-state index contributed by atoms with van der Waals surface area (Å²) in [5.41, 5.74) is 0.261. The van der Waals surface area contributed by atoms with Crippen LogP contribution in [0.25, 0.3) is 0 Å². The lowest BCUT2D eigenvalue weighted by Gasteiger charge is -2.44. The summed E-state index contributed by atoms with van der Waals surface area (Å²) in [5, 5.41) is 10.2. The first-order valence-electron chi connectivity index (χ1n) is 6.26. The first-order valence-corrected chi connectivity index (χ1v) is 6.26. The van der Waals surface area contributed by atoms with Crippen LogP contribution >= 0.6 is 0 Å². The maximum atomic E-state index is 10.2. The number of piperidine rings is 1. The van der Waals surface area contributed by atoms with Gasteiger partial charge in [-0.25, -0.2) is 0 Å². The monoisotopic (exact) mass is 214 g/mol. The van der Waals surface area contributed by atoms with Crippen LogP contribution in [0.2, 0.25) is 0 Å². The largest absolute Gasteiger partial charge is 0.387 e. The maximum Gasteiger partial charge on any atom is 0.106 e. The first-order chi connectivity index (χ1) is 6.73. The Morgan fingerprint density at radius 2 is 1.73 bits per heavy atom. The summed E-state index contributed by atoms with van der Waals surface area (Å²) in [5.74, 6) is 1.70. The highest BCUT2D eigenvalue weighted by Crippen LogP contribution is 2.25. The molecule has 0 radical (unpaired) electrons. The van der Waals surface area contributed by atoms with Crippen molar-refractivity contribution in [3.8, 4) is 0 Å². The minimum Gasteiger partial charge on any atom is -0.387 e. The zero-order valence-corrected chi connectivity index (χ0v) is 11.2. The van der Waals surface area contributed by atoms with Crippen LogP contribution in [0.5, 0.6) is 0 Å². The van der Waals surface area contributed by atoms with Crippen molar-refractivity contribution in [3.63, 3.8) is 0 Å². The van der Waals surface area contributed by atoms with Gasteiger partial charge in [-0.2, -0.15) is 0 Å². The normalized spacial score (nSPS) is 38.4. The Bertz CT molecular complexity index is 195. The molecule has 1 fully saturated rings. The molecule has 90 valence electrons. The lowest BCUT2D eigenvalue weighted by molar-refractivity contribution is -0.958. The van der Waals surface area contributed by atoms with Crippen molar-refractivity contribution in [2.45, 2.75) is 53.2 Å². The van der Waals surface area contributed by atoms with E-state index in [9.17, 15) is 5.11 Å². The SMILES string of the molecule is CC(C)[C@@H]1[C@H](C)C[NH+](C(C)(C)C)C[C@@H]1O. The van der Waals surface area contributed by atoms with Gasteiger partial charge in [0.25, 0.3) is 0 Å². The van der Waals surface area contributed by atoms with Crippen LogP contribution in [0.3, 0.4) is 0 Å². The molecule has 0 spiro atoms. The van der Waals surface area contributed by atoms with E-state index in [4.69, 9.17) is 0 Å². The number of nitrogens with one attached hydrogen (secondary N) is 1. The zero-order chi connectivity index (χ0) is 11.8. The van der Waals surface area contributed by atoms with Gasteiger partial charge in [0.2, 0.25) is 0 Å². The minimum absolute atomic E-state index is 0.122. The van der Waals surface area contributed by atoms with Crippen molar-refractivity contribution in [1.82, 2.24) is 0 Å². The third-order valence-corrected chi connectivity index (χ3v) is 3.96. The van der Waals surface area contributed by atoms with Gasteiger partial charge in [0.05, 0.1) is 12.1 Å². The predicted octanol–water partition coefficient (Wildman–Crippen LogP) is 0.953. The molecular weight excluding hydrogens is 186 g/mol. The molecule has 2 heteroatoms. The molecule has 1 aliphatic heterocycles. The Hall–Kier alpha value is -0.0800. The molecule has 4 atom stereocenters. The van der Waals surface area contributed by atoms with Crippen molar-refractivity contribution in [1.29, 1.82) is 0 Å². The van der Waals surface area contributed by atoms with Crippen LogP contribution < -0.4 is 4.90 Å². The molecule has 1 unspecified atom stereocenters. The lowest BCUT2D eigenvalue weighted by atomic mass is 9.76. The van der Waals surface area contributed by atoms with Gasteiger partial charge in [0.15, 0.2) is 0 Å². The molecule has 0 saturated carbocycles. The highest BCUT2D eigenvalue weighted by atomic mass is 16.3. The van der Waals surface area contributed by atoms with Crippen LogP contribution in [0, 0.1) is 17.8 Å². The maximum absolute atomic E-state index is 10.2. The van der Waals surface area contributed by atoms with Crippen LogP contribution in [-0.2, 0) is 0 Å². The van der Waals surface area contributed by atoms with Gasteiger partial charge in [-0.15, -0.1) is 0 Å². The molecule has 0 aliphatic carbocycles. The number of aliphatic hydroxyl groups is 1. The number of hydrogen-bond acceptors (Lipinski definition) is 1. The van der Waals surface area contributed by atoms with Crippen molar-refractivity contribution in [2.75, 3.05) is 13.1 Å². The number of likely N-dealkylation sites (tertiary alicyclic amines) is 1. The van der Waals surface area contributed by atoms with Gasteiger partial charge in [-0.05, 0) is 26.7 Å². The second-order valence-corrected chi connectivity index (χ2v) is 6.63. The van der Waals surface area contributed by atoms with E-state index in [1.165, 1.54) is 6.54 Å². The third-order valence-electron chi connectivity index (χ3n) is 3.96. The molecule has 1 saturated heterocycles. The van der Waals surface area contributed by atoms with E-state index in [0.717, 1.165) is 6.54 Å². The van der Waals surface area contributed by atoms with Gasteiger partial charge in [-0.3, -0.25) is 0 Å². The zero-order valence-electron chi connectivity index (χ0n) is 11.2. The standard InChI is InChI=1S/C13H27NO/c1-9(2)12-10(3)7-14(8-11(12)15)13(4,5)6/h9-12,15H,7-8H2,1-6H3/p+1/t10-,11+,12-/m1/s1. The summed E-state index contributed by atoms with van der Waals surface area (Å²) in [6, 6.07) is 0. The van der Waals surface area contributed by atoms with Crippen LogP contribution in [0.1, 0.15) is 41.5 Å². The van der Waals surface area contributed by atoms with E-state index in [-0.39, 0.29) is 11.6 Å². The Kier molecular flexibility index (Phi) is 3.83. The fraction of sp³-hybridized carbons (Fsp3) is 1.00. The van der Waals surface area contributed by atoms with Crippen LogP contribution in [0.15, 0.2) is 0 Å². The van der Waals surface area contributed by atoms with E-state index < -0.39 is 0 Å². The van der Waals surface area contributed by atoms with E-state index in [0.29, 0.717) is 17.8 Å². The van der Waals surface area contributed by atoms with E-state index >= 15 is 0 Å². The average Bonchev–Trinajstić information content (AvgIpc) is 1.99. The number of rotatable bonds is 1. The molecule has 1 aliphatic rings. The topological polar surface area (TPSA) is 24.7 Å². The van der Waals surface area contributed by atoms with E-state index in [2.05, 4.69) is 41.5 Å². The number of hydrogen-bond donors (Lipinski definition) is 2. The van der Waals surface area contributed by atoms with Crippen molar-refractivity contribution < 1.29 is 10.0 Å². The molecular formula is C13H28NO+. The van der Waals surface area contributed by atoms with Crippen molar-refractivity contribution in [2.24, 2.45) is 17.8 Å². The van der Waals surface area contributed by atoms with Gasteiger partial charge in [0.1, 0.15) is 12.6 Å². The van der Waals surface area contributed by atoms with Crippen LogP contribution in [-0.4, -0.2) is 29.8 Å². The fourth-order valence-corrected chi connectivity index (χ4v) is 3.09. The first kappa shape index (κ1) is 13.0. The van der Waals surface area contributed by atoms with Crippen LogP contribution in [0.4, 0.5) is 0 Å². The second-order valence-electron chi connectivity index (χ2n) is 6.63. The summed E-state index contributed by atoms with van der Waals surface area (Å²) < 4.78 is 0. The van der Waals surface area contributed by atoms with Gasteiger partial charge in [-0.1, -0.05) is 20.8 Å². The Labute approximate surface area is 94.7 Å². The Balaban J connectivity index is 2.71. The van der Waals surface area contributed by atoms with Crippen molar-refractivity contribution in [3.05, 3.63) is 0 Å². The van der Waals surface area contributed by atoms with Gasteiger partial charge < -0.3 is 10.0 Å². The smallest absolute Gasteiger partial charge is 0.106 e. The Morgan fingerprint density at radius 3 is 2.07 bits per heavy atom. The second kappa shape index (κ2) is 4.42. The molecule has 0 aromatic carbocycles. The molecule has 15 heavy (non-hydrogen) atoms. The molecule has 0 aromatic rings. The van der Waals surface area contributed by atoms with E-state index in [1.54, 1.807) is 4.90 Å². The Morgan fingerprint density at radius 1 is 1.20 bits per heavy atom. The summed E-state index contributed by atoms with van der Waals surface area (Å²) >= 11 is 0. The molecule has 0 bridgehead atoms. The summed E-state index contributed by atoms with van der Waals surface area (Å²) in [7, 11) is 0. The molecule has 0 aromatic heterocycles. The molecule has 1 rings (SSSR count). The predicted molar refractivity (Wildman–Crippen MR) is 63.9 cm³/mol. The fourth-order valence-electron chi connectivity index (χ4n) is 3.09. The molecule has 0 amide bonds. The highest BCUT2D eigenvalue weighted by molar-refractivity contribution is 4.80. The number of aliphatic hydroxyl groups excluding tert-OH is 1. The molecule has 2 nitrogen and oxygen atoms in total. The van der Waals surface area contributed by atoms with Gasteiger partial charge >= 0.3 is 0 Å². The van der Waals surface area contributed by atoms with Gasteiger partial charge in [0, 0.05) is 11.8 Å². The summed E-state index contributed by atoms with van der Waals surface area (Å²) in [4.78, 5) is 1.54. The molecule has 1 heterocycles. The molecule has 2 N–H and O–H groups in total. The van der Waals surface area contributed by atoms with E-state index in [1.807, 2.05) is 0 Å². The summed E-state index contributed by atoms with van der Waals surface area (Å²) in [6.07, 6.45) is -0.122. The lowest BCUT2D eigenvalue weighted by Crippen LogP contribution is -3.21. The average molecular weight is 214 g/mol. The minimum atomic E-state index is -0.122. The quantitative estimate of drug-likeness (QED) is 0.667. The van der Waals surface area contributed by atoms with Crippen molar-refractivity contribution >= 4 is 0 Å². The number of quaternary nitrogens is 1.